The predicted octanol–water partition coefficient (Wildman–Crippen LogP) is 1.91. The summed E-state index contributed by atoms with van der Waals surface area (Å²) in [6.07, 6.45) is 3.35. The van der Waals surface area contributed by atoms with Crippen molar-refractivity contribution in [3.05, 3.63) is 29.7 Å². The number of morpholine rings is 1. The summed E-state index contributed by atoms with van der Waals surface area (Å²) in [6.45, 7) is 8.16. The number of ether oxygens (including phenoxy) is 2. The molecule has 28 heavy (non-hydrogen) atoms. The van der Waals surface area contributed by atoms with E-state index >= 15 is 0 Å². The van der Waals surface area contributed by atoms with E-state index in [9.17, 15) is 0 Å². The van der Waals surface area contributed by atoms with Gasteiger partial charge in [0, 0.05) is 37.6 Å². The van der Waals surface area contributed by atoms with Crippen LogP contribution in [0.25, 0.3) is 11.0 Å². The summed E-state index contributed by atoms with van der Waals surface area (Å²) in [4.78, 5) is 15.8. The van der Waals surface area contributed by atoms with Crippen molar-refractivity contribution in [1.82, 2.24) is 24.7 Å². The predicted molar refractivity (Wildman–Crippen MR) is 107 cm³/mol. The molecule has 1 saturated heterocycles. The molecule has 3 aromatic rings. The maximum atomic E-state index is 5.50. The molecule has 0 saturated carbocycles. The van der Waals surface area contributed by atoms with E-state index < -0.39 is 0 Å². The maximum absolute atomic E-state index is 5.50. The number of anilines is 2. The Balaban J connectivity index is 1.62. The molecule has 0 bridgehead atoms. The van der Waals surface area contributed by atoms with Gasteiger partial charge in [0.1, 0.15) is 5.82 Å². The van der Waals surface area contributed by atoms with Crippen LogP contribution in [0.5, 0.6) is 5.75 Å². The van der Waals surface area contributed by atoms with Gasteiger partial charge in [-0.3, -0.25) is 4.68 Å². The molecule has 9 heteroatoms. The van der Waals surface area contributed by atoms with Crippen molar-refractivity contribution in [2.75, 3.05) is 43.1 Å². The van der Waals surface area contributed by atoms with Crippen molar-refractivity contribution >= 4 is 22.8 Å². The van der Waals surface area contributed by atoms with E-state index in [4.69, 9.17) is 14.5 Å². The number of nitrogens with zero attached hydrogens (tertiary/aromatic N) is 6. The van der Waals surface area contributed by atoms with Crippen LogP contribution in [0.15, 0.2) is 18.5 Å². The van der Waals surface area contributed by atoms with Crippen molar-refractivity contribution in [3.8, 4) is 5.75 Å². The van der Waals surface area contributed by atoms with Crippen molar-refractivity contribution in [2.45, 2.75) is 20.4 Å². The first kappa shape index (κ1) is 18.4. The summed E-state index contributed by atoms with van der Waals surface area (Å²) in [7, 11) is 1.93. The van der Waals surface area contributed by atoms with Gasteiger partial charge in [-0.25, -0.2) is 15.0 Å². The van der Waals surface area contributed by atoms with Gasteiger partial charge >= 0.3 is 0 Å². The Hall–Kier alpha value is -2.94. The Labute approximate surface area is 163 Å². The molecule has 9 nitrogen and oxygen atoms in total. The van der Waals surface area contributed by atoms with E-state index in [1.54, 1.807) is 12.4 Å². The number of fused-ring (bicyclic) bond motifs is 1. The molecule has 0 atom stereocenters. The SMILES string of the molecule is CCOc1cnc(NCc2cc3c(C)nn(C)c3nc2N2CCOCC2)nc1. The van der Waals surface area contributed by atoms with Crippen molar-refractivity contribution in [2.24, 2.45) is 7.05 Å². The molecule has 0 radical (unpaired) electrons. The monoisotopic (exact) mass is 383 g/mol. The molecular weight excluding hydrogens is 358 g/mol. The average Bonchev–Trinajstić information content (AvgIpc) is 3.00. The number of rotatable bonds is 6. The third-order valence-corrected chi connectivity index (χ3v) is 4.74. The Morgan fingerprint density at radius 3 is 2.68 bits per heavy atom. The van der Waals surface area contributed by atoms with Crippen LogP contribution < -0.4 is 15.0 Å². The number of aromatic nitrogens is 5. The summed E-state index contributed by atoms with van der Waals surface area (Å²) in [5, 5.41) is 8.87. The van der Waals surface area contributed by atoms with Crippen molar-refractivity contribution in [1.29, 1.82) is 0 Å². The highest BCUT2D eigenvalue weighted by molar-refractivity contribution is 5.81. The van der Waals surface area contributed by atoms with E-state index in [1.807, 2.05) is 25.6 Å². The first-order chi connectivity index (χ1) is 13.7. The summed E-state index contributed by atoms with van der Waals surface area (Å²) < 4.78 is 12.7. The zero-order valence-electron chi connectivity index (χ0n) is 16.5. The summed E-state index contributed by atoms with van der Waals surface area (Å²) >= 11 is 0. The summed E-state index contributed by atoms with van der Waals surface area (Å²) in [5.74, 6) is 2.17. The van der Waals surface area contributed by atoms with Gasteiger partial charge < -0.3 is 19.7 Å². The minimum absolute atomic E-state index is 0.555. The van der Waals surface area contributed by atoms with Gasteiger partial charge in [0.25, 0.3) is 0 Å². The van der Waals surface area contributed by atoms with Gasteiger partial charge in [0.15, 0.2) is 11.4 Å². The number of nitrogens with one attached hydrogen (secondary N) is 1. The number of hydrogen-bond donors (Lipinski definition) is 1. The minimum Gasteiger partial charge on any atom is -0.491 e. The second kappa shape index (κ2) is 7.97. The quantitative estimate of drug-likeness (QED) is 0.690. The Morgan fingerprint density at radius 1 is 1.21 bits per heavy atom. The van der Waals surface area contributed by atoms with E-state index in [0.29, 0.717) is 38.1 Å². The molecule has 4 heterocycles. The lowest BCUT2D eigenvalue weighted by Gasteiger charge is -2.29. The van der Waals surface area contributed by atoms with E-state index in [-0.39, 0.29) is 0 Å². The van der Waals surface area contributed by atoms with Gasteiger partial charge in [0.2, 0.25) is 5.95 Å². The second-order valence-electron chi connectivity index (χ2n) is 6.68. The smallest absolute Gasteiger partial charge is 0.223 e. The highest BCUT2D eigenvalue weighted by atomic mass is 16.5. The fourth-order valence-corrected chi connectivity index (χ4v) is 3.38. The largest absolute Gasteiger partial charge is 0.491 e. The molecule has 148 valence electrons. The van der Waals surface area contributed by atoms with Crippen LogP contribution in [0.1, 0.15) is 18.2 Å². The van der Waals surface area contributed by atoms with Crippen LogP contribution >= 0.6 is 0 Å². The molecule has 0 spiro atoms. The summed E-state index contributed by atoms with van der Waals surface area (Å²) in [5.41, 5.74) is 2.94. The van der Waals surface area contributed by atoms with Gasteiger partial charge in [-0.15, -0.1) is 0 Å². The Kier molecular flexibility index (Phi) is 5.25. The highest BCUT2D eigenvalue weighted by Crippen LogP contribution is 2.26. The molecule has 1 aliphatic rings. The molecule has 0 unspecified atom stereocenters. The normalized spacial score (nSPS) is 14.5. The van der Waals surface area contributed by atoms with Crippen LogP contribution in [-0.2, 0) is 18.3 Å². The lowest BCUT2D eigenvalue weighted by molar-refractivity contribution is 0.122. The zero-order chi connectivity index (χ0) is 19.5. The lowest BCUT2D eigenvalue weighted by atomic mass is 10.1. The van der Waals surface area contributed by atoms with E-state index in [1.165, 1.54) is 0 Å². The third kappa shape index (κ3) is 3.70. The number of hydrogen-bond acceptors (Lipinski definition) is 8. The zero-order valence-corrected chi connectivity index (χ0v) is 16.5. The molecule has 0 aromatic carbocycles. The molecule has 4 rings (SSSR count). The lowest BCUT2D eigenvalue weighted by Crippen LogP contribution is -2.37. The Bertz CT molecular complexity index is 949. The third-order valence-electron chi connectivity index (χ3n) is 4.74. The first-order valence-electron chi connectivity index (χ1n) is 9.50. The number of pyridine rings is 1. The van der Waals surface area contributed by atoms with Crippen LogP contribution in [0.3, 0.4) is 0 Å². The average molecular weight is 383 g/mol. The molecular formula is C19H25N7O2. The van der Waals surface area contributed by atoms with Gasteiger partial charge in [-0.05, 0) is 19.9 Å². The Morgan fingerprint density at radius 2 is 1.96 bits per heavy atom. The van der Waals surface area contributed by atoms with Gasteiger partial charge in [0.05, 0.1) is 37.9 Å². The van der Waals surface area contributed by atoms with Gasteiger partial charge in [-0.1, -0.05) is 0 Å². The standard InChI is InChI=1S/C19H25N7O2/c1-4-28-15-11-21-19(22-12-15)20-10-14-9-16-13(2)24-25(3)18(16)23-17(14)26-5-7-27-8-6-26/h9,11-12H,4-8,10H2,1-3H3,(H,20,21,22). The fourth-order valence-electron chi connectivity index (χ4n) is 3.38. The molecule has 0 amide bonds. The van der Waals surface area contributed by atoms with Crippen LogP contribution in [0, 0.1) is 6.92 Å². The molecule has 1 aliphatic heterocycles. The van der Waals surface area contributed by atoms with Gasteiger partial charge in [-0.2, -0.15) is 5.10 Å². The fraction of sp³-hybridized carbons (Fsp3) is 0.474. The highest BCUT2D eigenvalue weighted by Gasteiger charge is 2.19. The topological polar surface area (TPSA) is 90.2 Å². The molecule has 3 aromatic heterocycles. The summed E-state index contributed by atoms with van der Waals surface area (Å²) in [6, 6.07) is 2.16. The second-order valence-corrected chi connectivity index (χ2v) is 6.68. The van der Waals surface area contributed by atoms with Crippen molar-refractivity contribution < 1.29 is 9.47 Å². The van der Waals surface area contributed by atoms with Crippen LogP contribution in [0.4, 0.5) is 11.8 Å². The van der Waals surface area contributed by atoms with Crippen molar-refractivity contribution in [3.63, 3.8) is 0 Å². The van der Waals surface area contributed by atoms with Crippen LogP contribution in [0.2, 0.25) is 0 Å². The first-order valence-corrected chi connectivity index (χ1v) is 9.50. The molecule has 0 aliphatic carbocycles. The van der Waals surface area contributed by atoms with E-state index in [2.05, 4.69) is 31.3 Å². The van der Waals surface area contributed by atoms with Crippen LogP contribution in [-0.4, -0.2) is 57.6 Å². The van der Waals surface area contributed by atoms with E-state index in [0.717, 1.165) is 41.2 Å². The molecule has 1 N–H and O–H groups in total. The maximum Gasteiger partial charge on any atom is 0.223 e. The number of aryl methyl sites for hydroxylation is 2. The molecule has 1 fully saturated rings. The minimum atomic E-state index is 0.555.